The van der Waals surface area contributed by atoms with Gasteiger partial charge in [0.25, 0.3) is 0 Å². The van der Waals surface area contributed by atoms with Gasteiger partial charge in [-0.25, -0.2) is 0 Å². The molecular formula is C11H11. The molecule has 0 spiro atoms. The Morgan fingerprint density at radius 2 is 1.64 bits per heavy atom. The molecule has 0 aromatic heterocycles. The normalized spacial score (nSPS) is 31.3. The van der Waals surface area contributed by atoms with E-state index in [0.717, 1.165) is 6.42 Å². The molecule has 0 fully saturated rings. The third-order valence-electron chi connectivity index (χ3n) is 1.26. The van der Waals surface area contributed by atoms with Gasteiger partial charge in [-0.05, 0) is 12.5 Å². The quantitative estimate of drug-likeness (QED) is 0.489. The maximum atomic E-state index is 3.02. The number of rotatable bonds is 0. The molecule has 0 unspecified atom stereocenters. The van der Waals surface area contributed by atoms with Gasteiger partial charge in [-0.1, -0.05) is 54.7 Å². The van der Waals surface area contributed by atoms with E-state index in [4.69, 9.17) is 0 Å². The molecule has 0 N–H and O–H groups in total. The molecule has 0 aromatic carbocycles. The van der Waals surface area contributed by atoms with E-state index < -0.39 is 0 Å². The third kappa shape index (κ3) is 4.15. The molecule has 0 amide bonds. The maximum Gasteiger partial charge on any atom is -0.0163 e. The standard InChI is InChI=1S/C11H11/c1-2-4-6-8-10-11-9-7-5-3-1/h1-7,10-11H,8H2/b2-1-,5-3+,6-4-,9-7?,11-10-. The lowest BCUT2D eigenvalue weighted by molar-refractivity contribution is 1.39. The van der Waals surface area contributed by atoms with Gasteiger partial charge in [0.2, 0.25) is 0 Å². The largest absolute Gasteiger partial charge is 0.0807 e. The van der Waals surface area contributed by atoms with E-state index in [1.807, 2.05) is 42.5 Å². The Morgan fingerprint density at radius 1 is 0.818 bits per heavy atom. The fourth-order valence-electron chi connectivity index (χ4n) is 0.731. The highest BCUT2D eigenvalue weighted by Gasteiger charge is 1.70. The zero-order chi connectivity index (χ0) is 7.78. The summed E-state index contributed by atoms with van der Waals surface area (Å²) in [4.78, 5) is 0. The van der Waals surface area contributed by atoms with Crippen LogP contribution < -0.4 is 0 Å². The van der Waals surface area contributed by atoms with Gasteiger partial charge in [0.05, 0.1) is 0 Å². The molecule has 0 atom stereocenters. The van der Waals surface area contributed by atoms with Crippen LogP contribution in [0.4, 0.5) is 0 Å². The van der Waals surface area contributed by atoms with Crippen molar-refractivity contribution in [3.05, 3.63) is 60.8 Å². The summed E-state index contributed by atoms with van der Waals surface area (Å²) in [5, 5.41) is 0. The fraction of sp³-hybridized carbons (Fsp3) is 0.0909. The molecule has 0 bridgehead atoms. The predicted molar refractivity (Wildman–Crippen MR) is 49.0 cm³/mol. The Bertz CT molecular complexity index is 200. The average molecular weight is 143 g/mol. The van der Waals surface area contributed by atoms with Crippen LogP contribution in [0.1, 0.15) is 6.42 Å². The minimum Gasteiger partial charge on any atom is -0.0807 e. The molecule has 0 aromatic rings. The van der Waals surface area contributed by atoms with Crippen molar-refractivity contribution >= 4 is 0 Å². The molecule has 1 aliphatic carbocycles. The molecule has 0 nitrogen and oxygen atoms in total. The molecule has 55 valence electrons. The maximum absolute atomic E-state index is 3.02. The third-order valence-corrected chi connectivity index (χ3v) is 1.26. The minimum atomic E-state index is 0.977. The van der Waals surface area contributed by atoms with Gasteiger partial charge in [0.1, 0.15) is 0 Å². The van der Waals surface area contributed by atoms with E-state index in [9.17, 15) is 0 Å². The summed E-state index contributed by atoms with van der Waals surface area (Å²) in [6.07, 6.45) is 22.0. The van der Waals surface area contributed by atoms with Crippen molar-refractivity contribution in [2.45, 2.75) is 6.42 Å². The van der Waals surface area contributed by atoms with E-state index in [2.05, 4.69) is 18.2 Å². The van der Waals surface area contributed by atoms with Crippen LogP contribution in [0.15, 0.2) is 54.7 Å². The van der Waals surface area contributed by atoms with E-state index in [1.54, 1.807) is 0 Å². The predicted octanol–water partition coefficient (Wildman–Crippen LogP) is 2.97. The minimum absolute atomic E-state index is 0.977. The van der Waals surface area contributed by atoms with Crippen LogP contribution in [-0.2, 0) is 0 Å². The van der Waals surface area contributed by atoms with Gasteiger partial charge in [0.15, 0.2) is 0 Å². The Hall–Kier alpha value is -1.30. The lowest BCUT2D eigenvalue weighted by atomic mass is 10.3. The second-order valence-corrected chi connectivity index (χ2v) is 2.17. The first kappa shape index (κ1) is 7.80. The molecule has 0 saturated carbocycles. The van der Waals surface area contributed by atoms with E-state index >= 15 is 0 Å². The van der Waals surface area contributed by atoms with Crippen molar-refractivity contribution < 1.29 is 0 Å². The van der Waals surface area contributed by atoms with Crippen LogP contribution in [0.25, 0.3) is 0 Å². The topological polar surface area (TPSA) is 0 Å². The molecule has 11 heavy (non-hydrogen) atoms. The van der Waals surface area contributed by atoms with Crippen molar-refractivity contribution in [2.75, 3.05) is 0 Å². The van der Waals surface area contributed by atoms with Crippen LogP contribution >= 0.6 is 0 Å². The summed E-state index contributed by atoms with van der Waals surface area (Å²) in [6.45, 7) is 0. The van der Waals surface area contributed by atoms with Crippen LogP contribution in [-0.4, -0.2) is 0 Å². The van der Waals surface area contributed by atoms with Gasteiger partial charge in [-0.15, -0.1) is 0 Å². The zero-order valence-corrected chi connectivity index (χ0v) is 6.40. The van der Waals surface area contributed by atoms with Gasteiger partial charge in [0, 0.05) is 0 Å². The Morgan fingerprint density at radius 3 is 2.64 bits per heavy atom. The summed E-state index contributed by atoms with van der Waals surface area (Å²) in [5.41, 5.74) is 0. The summed E-state index contributed by atoms with van der Waals surface area (Å²) >= 11 is 0. The van der Waals surface area contributed by atoms with Crippen LogP contribution in [0.2, 0.25) is 0 Å². The SMILES string of the molecule is [C]1=C\C=C\C=C/C=C\C\C=C/1. The molecule has 0 heterocycles. The fourth-order valence-corrected chi connectivity index (χ4v) is 0.731. The van der Waals surface area contributed by atoms with Crippen molar-refractivity contribution in [1.82, 2.24) is 0 Å². The van der Waals surface area contributed by atoms with Gasteiger partial charge in [-0.2, -0.15) is 0 Å². The molecule has 0 saturated heterocycles. The number of allylic oxidation sites excluding steroid dienone is 10. The first-order valence-corrected chi connectivity index (χ1v) is 3.73. The zero-order valence-electron chi connectivity index (χ0n) is 6.40. The highest BCUT2D eigenvalue weighted by atomic mass is 13.8. The number of hydrogen-bond acceptors (Lipinski definition) is 0. The van der Waals surface area contributed by atoms with Gasteiger partial charge < -0.3 is 0 Å². The molecule has 1 radical (unpaired) electrons. The Balaban J connectivity index is 2.61. The first-order chi connectivity index (χ1) is 5.50. The summed E-state index contributed by atoms with van der Waals surface area (Å²) in [5.74, 6) is 0. The summed E-state index contributed by atoms with van der Waals surface area (Å²) < 4.78 is 0. The summed E-state index contributed by atoms with van der Waals surface area (Å²) in [6, 6.07) is 0. The molecule has 1 aliphatic rings. The lowest BCUT2D eigenvalue weighted by Gasteiger charge is -1.76. The van der Waals surface area contributed by atoms with Gasteiger partial charge in [-0.3, -0.25) is 0 Å². The van der Waals surface area contributed by atoms with E-state index in [0.29, 0.717) is 0 Å². The monoisotopic (exact) mass is 143 g/mol. The summed E-state index contributed by atoms with van der Waals surface area (Å²) in [7, 11) is 0. The van der Waals surface area contributed by atoms with Crippen molar-refractivity contribution in [3.8, 4) is 0 Å². The highest BCUT2D eigenvalue weighted by Crippen LogP contribution is 1.90. The smallest absolute Gasteiger partial charge is 0.0163 e. The Labute approximate surface area is 67.9 Å². The Kier molecular flexibility index (Phi) is 3.89. The van der Waals surface area contributed by atoms with E-state index in [1.165, 1.54) is 0 Å². The highest BCUT2D eigenvalue weighted by molar-refractivity contribution is 5.17. The average Bonchev–Trinajstić information content (AvgIpc) is 2.08. The van der Waals surface area contributed by atoms with Gasteiger partial charge >= 0.3 is 0 Å². The van der Waals surface area contributed by atoms with Crippen molar-refractivity contribution in [2.24, 2.45) is 0 Å². The molecular weight excluding hydrogens is 132 g/mol. The van der Waals surface area contributed by atoms with Crippen molar-refractivity contribution in [1.29, 1.82) is 0 Å². The van der Waals surface area contributed by atoms with Crippen LogP contribution in [0, 0.1) is 6.08 Å². The number of hydrogen-bond donors (Lipinski definition) is 0. The first-order valence-electron chi connectivity index (χ1n) is 3.73. The second-order valence-electron chi connectivity index (χ2n) is 2.17. The lowest BCUT2D eigenvalue weighted by Crippen LogP contribution is -1.56. The molecule has 0 heteroatoms. The second kappa shape index (κ2) is 5.48. The molecule has 0 aliphatic heterocycles. The van der Waals surface area contributed by atoms with Crippen LogP contribution in [0.3, 0.4) is 0 Å². The van der Waals surface area contributed by atoms with E-state index in [-0.39, 0.29) is 0 Å². The van der Waals surface area contributed by atoms with Crippen LogP contribution in [0.5, 0.6) is 0 Å². The van der Waals surface area contributed by atoms with Crippen molar-refractivity contribution in [3.63, 3.8) is 0 Å². The molecule has 1 rings (SSSR count).